The molecule has 1 atom stereocenters. The lowest BCUT2D eigenvalue weighted by Crippen LogP contribution is -2.27. The quantitative estimate of drug-likeness (QED) is 0.834. The summed E-state index contributed by atoms with van der Waals surface area (Å²) in [6.45, 7) is 1.74. The van der Waals surface area contributed by atoms with Crippen LogP contribution >= 0.6 is 0 Å². The summed E-state index contributed by atoms with van der Waals surface area (Å²) in [4.78, 5) is 0. The van der Waals surface area contributed by atoms with Gasteiger partial charge in [0.05, 0.1) is 6.10 Å². The van der Waals surface area contributed by atoms with E-state index in [1.165, 1.54) is 0 Å². The van der Waals surface area contributed by atoms with Gasteiger partial charge in [0.25, 0.3) is 0 Å². The summed E-state index contributed by atoms with van der Waals surface area (Å²) >= 11 is 0. The highest BCUT2D eigenvalue weighted by molar-refractivity contribution is 5.17. The van der Waals surface area contributed by atoms with Gasteiger partial charge in [-0.3, -0.25) is 0 Å². The van der Waals surface area contributed by atoms with Crippen LogP contribution in [-0.4, -0.2) is 25.9 Å². The first kappa shape index (κ1) is 14.0. The molecule has 1 N–H and O–H groups in total. The summed E-state index contributed by atoms with van der Waals surface area (Å²) in [7, 11) is 0. The largest absolute Gasteiger partial charge is 0.411 e. The number of rotatable bonds is 6. The molecule has 0 aromatic heterocycles. The highest BCUT2D eigenvalue weighted by atomic mass is 19.4. The fourth-order valence-corrected chi connectivity index (χ4v) is 1.41. The van der Waals surface area contributed by atoms with Crippen LogP contribution in [0.15, 0.2) is 30.3 Å². The topological polar surface area (TPSA) is 21.3 Å². The summed E-state index contributed by atoms with van der Waals surface area (Å²) in [5, 5.41) is 2.99. The first-order valence-corrected chi connectivity index (χ1v) is 5.47. The van der Waals surface area contributed by atoms with E-state index in [1.54, 1.807) is 24.3 Å². The molecular weight excluding hydrogens is 231 g/mol. The molecular formula is C12H16F3NO. The molecule has 17 heavy (non-hydrogen) atoms. The maximum atomic E-state index is 12.1. The van der Waals surface area contributed by atoms with Gasteiger partial charge in [-0.1, -0.05) is 37.3 Å². The smallest absolute Gasteiger partial charge is 0.363 e. The predicted molar refractivity (Wildman–Crippen MR) is 59.7 cm³/mol. The third kappa shape index (κ3) is 5.70. The Morgan fingerprint density at radius 1 is 1.24 bits per heavy atom. The summed E-state index contributed by atoms with van der Waals surface area (Å²) in [6.07, 6.45) is -4.86. The Hall–Kier alpha value is -1.07. The zero-order chi connectivity index (χ0) is 12.7. The predicted octanol–water partition coefficient (Wildman–Crippen LogP) is 2.92. The highest BCUT2D eigenvalue weighted by Gasteiger charge is 2.29. The Morgan fingerprint density at radius 3 is 2.41 bits per heavy atom. The molecule has 2 nitrogen and oxygen atoms in total. The molecule has 0 amide bonds. The van der Waals surface area contributed by atoms with Gasteiger partial charge >= 0.3 is 6.18 Å². The average molecular weight is 247 g/mol. The minimum atomic E-state index is -4.29. The molecule has 1 aromatic carbocycles. The van der Waals surface area contributed by atoms with Crippen LogP contribution in [0.1, 0.15) is 18.6 Å². The van der Waals surface area contributed by atoms with Gasteiger partial charge in [0.2, 0.25) is 0 Å². The molecule has 1 unspecified atom stereocenters. The van der Waals surface area contributed by atoms with Crippen molar-refractivity contribution in [2.45, 2.75) is 19.2 Å². The van der Waals surface area contributed by atoms with Crippen LogP contribution in [0, 0.1) is 0 Å². The molecule has 0 heterocycles. The van der Waals surface area contributed by atoms with E-state index in [9.17, 15) is 13.2 Å². The fourth-order valence-electron chi connectivity index (χ4n) is 1.41. The molecule has 96 valence electrons. The lowest BCUT2D eigenvalue weighted by atomic mass is 10.1. The van der Waals surface area contributed by atoms with Gasteiger partial charge in [0, 0.05) is 6.54 Å². The summed E-state index contributed by atoms with van der Waals surface area (Å²) in [5.41, 5.74) is 0.748. The van der Waals surface area contributed by atoms with Crippen LogP contribution in [0.3, 0.4) is 0 Å². The lowest BCUT2D eigenvalue weighted by Gasteiger charge is -2.19. The molecule has 0 aliphatic rings. The molecule has 1 aromatic rings. The van der Waals surface area contributed by atoms with Crippen LogP contribution < -0.4 is 5.32 Å². The van der Waals surface area contributed by atoms with E-state index in [-0.39, 0.29) is 0 Å². The van der Waals surface area contributed by atoms with Gasteiger partial charge in [-0.15, -0.1) is 0 Å². The second-order valence-electron chi connectivity index (χ2n) is 3.63. The van der Waals surface area contributed by atoms with Gasteiger partial charge in [-0.05, 0) is 12.1 Å². The van der Waals surface area contributed by atoms with E-state index >= 15 is 0 Å². The third-order valence-corrected chi connectivity index (χ3v) is 2.20. The standard InChI is InChI=1S/C12H16F3NO/c1-2-16-8-11(17-9-12(13,14)15)10-6-4-3-5-7-10/h3-7,11,16H,2,8-9H2,1H3. The monoisotopic (exact) mass is 247 g/mol. The van der Waals surface area contributed by atoms with Crippen molar-refractivity contribution in [2.24, 2.45) is 0 Å². The number of likely N-dealkylation sites (N-methyl/N-ethyl adjacent to an activating group) is 1. The van der Waals surface area contributed by atoms with Gasteiger partial charge in [-0.25, -0.2) is 0 Å². The molecule has 0 saturated heterocycles. The minimum Gasteiger partial charge on any atom is -0.363 e. The number of benzene rings is 1. The zero-order valence-corrected chi connectivity index (χ0v) is 9.63. The van der Waals surface area contributed by atoms with Crippen molar-refractivity contribution in [1.29, 1.82) is 0 Å². The number of halogens is 3. The molecule has 0 aliphatic heterocycles. The van der Waals surface area contributed by atoms with Gasteiger partial charge < -0.3 is 10.1 Å². The number of hydrogen-bond acceptors (Lipinski definition) is 2. The third-order valence-electron chi connectivity index (χ3n) is 2.20. The Morgan fingerprint density at radius 2 is 1.88 bits per heavy atom. The Kier molecular flexibility index (Phi) is 5.44. The van der Waals surface area contributed by atoms with E-state index in [1.807, 2.05) is 13.0 Å². The molecule has 0 fully saturated rings. The molecule has 0 spiro atoms. The van der Waals surface area contributed by atoms with Crippen LogP contribution in [0.4, 0.5) is 13.2 Å². The summed E-state index contributed by atoms with van der Waals surface area (Å²) < 4.78 is 41.2. The second-order valence-corrected chi connectivity index (χ2v) is 3.63. The van der Waals surface area contributed by atoms with Crippen molar-refractivity contribution in [3.8, 4) is 0 Å². The van der Waals surface area contributed by atoms with Crippen molar-refractivity contribution in [2.75, 3.05) is 19.7 Å². The highest BCUT2D eigenvalue weighted by Crippen LogP contribution is 2.21. The Balaban J connectivity index is 2.61. The van der Waals surface area contributed by atoms with E-state index in [0.717, 1.165) is 5.56 Å². The van der Waals surface area contributed by atoms with Gasteiger partial charge in [0.1, 0.15) is 6.61 Å². The normalized spacial score (nSPS) is 13.6. The van der Waals surface area contributed by atoms with E-state index in [2.05, 4.69) is 5.32 Å². The van der Waals surface area contributed by atoms with Crippen molar-refractivity contribution in [3.63, 3.8) is 0 Å². The number of nitrogens with one attached hydrogen (secondary N) is 1. The molecule has 1 rings (SSSR count). The van der Waals surface area contributed by atoms with E-state index < -0.39 is 18.9 Å². The maximum absolute atomic E-state index is 12.1. The molecule has 0 radical (unpaired) electrons. The minimum absolute atomic E-state index is 0.372. The SMILES string of the molecule is CCNCC(OCC(F)(F)F)c1ccccc1. The lowest BCUT2D eigenvalue weighted by molar-refractivity contribution is -0.185. The molecule has 0 saturated carbocycles. The number of hydrogen-bond donors (Lipinski definition) is 1. The van der Waals surface area contributed by atoms with Crippen molar-refractivity contribution in [1.82, 2.24) is 5.32 Å². The fraction of sp³-hybridized carbons (Fsp3) is 0.500. The second kappa shape index (κ2) is 6.61. The summed E-state index contributed by atoms with van der Waals surface area (Å²) in [5.74, 6) is 0. The van der Waals surface area contributed by atoms with Crippen LogP contribution in [0.25, 0.3) is 0 Å². The van der Waals surface area contributed by atoms with Crippen LogP contribution in [0.5, 0.6) is 0 Å². The van der Waals surface area contributed by atoms with Crippen LogP contribution in [0.2, 0.25) is 0 Å². The molecule has 0 bridgehead atoms. The Labute approximate surface area is 98.8 Å². The van der Waals surface area contributed by atoms with Crippen molar-refractivity contribution < 1.29 is 17.9 Å². The molecule has 0 aliphatic carbocycles. The van der Waals surface area contributed by atoms with Crippen molar-refractivity contribution >= 4 is 0 Å². The number of alkyl halides is 3. The van der Waals surface area contributed by atoms with E-state index in [0.29, 0.717) is 13.1 Å². The first-order valence-electron chi connectivity index (χ1n) is 5.47. The Bertz CT molecular complexity index is 313. The zero-order valence-electron chi connectivity index (χ0n) is 9.63. The first-order chi connectivity index (χ1) is 8.03. The maximum Gasteiger partial charge on any atom is 0.411 e. The molecule has 5 heteroatoms. The van der Waals surface area contributed by atoms with Crippen LogP contribution in [-0.2, 0) is 4.74 Å². The average Bonchev–Trinajstić information content (AvgIpc) is 2.29. The van der Waals surface area contributed by atoms with Gasteiger partial charge in [0.15, 0.2) is 0 Å². The van der Waals surface area contributed by atoms with Gasteiger partial charge in [-0.2, -0.15) is 13.2 Å². The van der Waals surface area contributed by atoms with Crippen molar-refractivity contribution in [3.05, 3.63) is 35.9 Å². The number of ether oxygens (including phenoxy) is 1. The summed E-state index contributed by atoms with van der Waals surface area (Å²) in [6, 6.07) is 8.91. The van der Waals surface area contributed by atoms with E-state index in [4.69, 9.17) is 4.74 Å².